The molecule has 0 bridgehead atoms. The van der Waals surface area contributed by atoms with Crippen molar-refractivity contribution in [1.82, 2.24) is 0 Å². The molecular weight excluding hydrogens is 248 g/mol. The highest BCUT2D eigenvalue weighted by Crippen LogP contribution is 2.23. The molecule has 0 saturated heterocycles. The summed E-state index contributed by atoms with van der Waals surface area (Å²) in [6, 6.07) is 5.51. The van der Waals surface area contributed by atoms with Crippen molar-refractivity contribution in [3.05, 3.63) is 28.2 Å². The lowest BCUT2D eigenvalue weighted by Crippen LogP contribution is -2.23. The summed E-state index contributed by atoms with van der Waals surface area (Å²) in [6.45, 7) is 3.37. The van der Waals surface area contributed by atoms with Crippen LogP contribution >= 0.6 is 15.9 Å². The summed E-state index contributed by atoms with van der Waals surface area (Å²) in [6.07, 6.45) is -0.831. The number of carbonyl (C=O) groups is 1. The van der Waals surface area contributed by atoms with Crippen LogP contribution < -0.4 is 4.74 Å². The van der Waals surface area contributed by atoms with Crippen LogP contribution in [0.15, 0.2) is 22.7 Å². The summed E-state index contributed by atoms with van der Waals surface area (Å²) in [5.74, 6) is -0.376. The lowest BCUT2D eigenvalue weighted by molar-refractivity contribution is -0.144. The number of halogens is 1. The number of carboxylic acid groups (broad SMARTS) is 1. The zero-order chi connectivity index (χ0) is 10.7. The van der Waals surface area contributed by atoms with Crippen molar-refractivity contribution >= 4 is 21.9 Å². The number of ether oxygens (including phenoxy) is 1. The molecular formula is C10H11BrO3. The molecule has 76 valence electrons. The molecule has 0 aromatic heterocycles. The summed E-state index contributed by atoms with van der Waals surface area (Å²) >= 11 is 3.30. The van der Waals surface area contributed by atoms with Crippen molar-refractivity contribution in [2.45, 2.75) is 20.0 Å². The van der Waals surface area contributed by atoms with E-state index < -0.39 is 12.1 Å². The Kier molecular flexibility index (Phi) is 3.52. The standard InChI is InChI=1S/C10H11BrO3/c1-6-3-4-8(11)5-9(6)14-7(2)10(12)13/h3-5,7H,1-2H3,(H,12,13). The third kappa shape index (κ3) is 2.73. The van der Waals surface area contributed by atoms with Gasteiger partial charge in [-0.15, -0.1) is 0 Å². The zero-order valence-electron chi connectivity index (χ0n) is 7.95. The molecule has 1 atom stereocenters. The van der Waals surface area contributed by atoms with E-state index in [1.54, 1.807) is 6.07 Å². The second-order valence-electron chi connectivity index (χ2n) is 3.01. The average Bonchev–Trinajstić information content (AvgIpc) is 2.11. The minimum absolute atomic E-state index is 0.592. The maximum Gasteiger partial charge on any atom is 0.344 e. The smallest absolute Gasteiger partial charge is 0.344 e. The number of aryl methyl sites for hydroxylation is 1. The second kappa shape index (κ2) is 4.46. The monoisotopic (exact) mass is 258 g/mol. The van der Waals surface area contributed by atoms with Crippen molar-refractivity contribution in [1.29, 1.82) is 0 Å². The van der Waals surface area contributed by atoms with Crippen LogP contribution in [0.2, 0.25) is 0 Å². The maximum atomic E-state index is 10.6. The molecule has 0 spiro atoms. The average molecular weight is 259 g/mol. The van der Waals surface area contributed by atoms with Crippen molar-refractivity contribution < 1.29 is 14.6 Å². The van der Waals surface area contributed by atoms with E-state index in [1.165, 1.54) is 6.92 Å². The Labute approximate surface area is 90.8 Å². The lowest BCUT2D eigenvalue weighted by Gasteiger charge is -2.12. The molecule has 0 aliphatic carbocycles. The van der Waals surface area contributed by atoms with E-state index in [2.05, 4.69) is 15.9 Å². The van der Waals surface area contributed by atoms with E-state index in [1.807, 2.05) is 19.1 Å². The predicted octanol–water partition coefficient (Wildman–Crippen LogP) is 2.61. The van der Waals surface area contributed by atoms with E-state index in [9.17, 15) is 4.79 Å². The van der Waals surface area contributed by atoms with Crippen LogP contribution in [-0.2, 0) is 4.79 Å². The van der Waals surface area contributed by atoms with Gasteiger partial charge in [0, 0.05) is 4.47 Å². The van der Waals surface area contributed by atoms with Crippen molar-refractivity contribution in [2.24, 2.45) is 0 Å². The Morgan fingerprint density at radius 3 is 2.79 bits per heavy atom. The van der Waals surface area contributed by atoms with E-state index in [0.29, 0.717) is 5.75 Å². The number of carboxylic acids is 1. The van der Waals surface area contributed by atoms with E-state index in [-0.39, 0.29) is 0 Å². The Balaban J connectivity index is 2.85. The molecule has 1 unspecified atom stereocenters. The first-order chi connectivity index (χ1) is 6.50. The fraction of sp³-hybridized carbons (Fsp3) is 0.300. The first-order valence-electron chi connectivity index (χ1n) is 4.16. The Hall–Kier alpha value is -1.03. The van der Waals surface area contributed by atoms with Gasteiger partial charge in [-0.2, -0.15) is 0 Å². The molecule has 3 nitrogen and oxygen atoms in total. The molecule has 14 heavy (non-hydrogen) atoms. The van der Waals surface area contributed by atoms with Gasteiger partial charge in [-0.25, -0.2) is 4.79 Å². The minimum atomic E-state index is -0.968. The molecule has 0 aliphatic heterocycles. The van der Waals surface area contributed by atoms with Crippen LogP contribution in [0, 0.1) is 6.92 Å². The van der Waals surface area contributed by atoms with Crippen molar-refractivity contribution in [3.8, 4) is 5.75 Å². The highest BCUT2D eigenvalue weighted by molar-refractivity contribution is 9.10. The molecule has 4 heteroatoms. The fourth-order valence-electron chi connectivity index (χ4n) is 0.942. The number of hydrogen-bond donors (Lipinski definition) is 1. The summed E-state index contributed by atoms with van der Waals surface area (Å²) < 4.78 is 6.13. The topological polar surface area (TPSA) is 46.5 Å². The van der Waals surface area contributed by atoms with Gasteiger partial charge < -0.3 is 9.84 Å². The van der Waals surface area contributed by atoms with Crippen LogP contribution in [0.3, 0.4) is 0 Å². The normalized spacial score (nSPS) is 12.2. The largest absolute Gasteiger partial charge is 0.479 e. The minimum Gasteiger partial charge on any atom is -0.479 e. The highest BCUT2D eigenvalue weighted by Gasteiger charge is 2.13. The molecule has 1 N–H and O–H groups in total. The molecule has 1 rings (SSSR count). The van der Waals surface area contributed by atoms with Gasteiger partial charge in [0.15, 0.2) is 6.10 Å². The number of hydrogen-bond acceptors (Lipinski definition) is 2. The number of benzene rings is 1. The van der Waals surface area contributed by atoms with Crippen LogP contribution in [0.4, 0.5) is 0 Å². The van der Waals surface area contributed by atoms with Gasteiger partial charge in [-0.1, -0.05) is 22.0 Å². The number of aliphatic carboxylic acids is 1. The van der Waals surface area contributed by atoms with Crippen LogP contribution in [0.5, 0.6) is 5.75 Å². The van der Waals surface area contributed by atoms with E-state index >= 15 is 0 Å². The van der Waals surface area contributed by atoms with Gasteiger partial charge in [0.25, 0.3) is 0 Å². The number of rotatable bonds is 3. The zero-order valence-corrected chi connectivity index (χ0v) is 9.54. The van der Waals surface area contributed by atoms with Crippen LogP contribution in [-0.4, -0.2) is 17.2 Å². The van der Waals surface area contributed by atoms with Crippen LogP contribution in [0.1, 0.15) is 12.5 Å². The van der Waals surface area contributed by atoms with Gasteiger partial charge in [0.1, 0.15) is 5.75 Å². The molecule has 1 aromatic rings. The van der Waals surface area contributed by atoms with Gasteiger partial charge >= 0.3 is 5.97 Å². The SMILES string of the molecule is Cc1ccc(Br)cc1OC(C)C(=O)O. The molecule has 0 amide bonds. The molecule has 0 aliphatic rings. The quantitative estimate of drug-likeness (QED) is 0.907. The van der Waals surface area contributed by atoms with Crippen LogP contribution in [0.25, 0.3) is 0 Å². The first kappa shape index (κ1) is 11.0. The first-order valence-corrected chi connectivity index (χ1v) is 4.95. The predicted molar refractivity (Wildman–Crippen MR) is 56.6 cm³/mol. The summed E-state index contributed by atoms with van der Waals surface area (Å²) in [5, 5.41) is 8.67. The summed E-state index contributed by atoms with van der Waals surface area (Å²) in [7, 11) is 0. The maximum absolute atomic E-state index is 10.6. The Morgan fingerprint density at radius 2 is 2.21 bits per heavy atom. The van der Waals surface area contributed by atoms with E-state index in [4.69, 9.17) is 9.84 Å². The molecule has 0 fully saturated rings. The van der Waals surface area contributed by atoms with E-state index in [0.717, 1.165) is 10.0 Å². The summed E-state index contributed by atoms with van der Waals surface area (Å²) in [5.41, 5.74) is 0.918. The van der Waals surface area contributed by atoms with Gasteiger partial charge in [-0.05, 0) is 31.5 Å². The van der Waals surface area contributed by atoms with Crippen molar-refractivity contribution in [2.75, 3.05) is 0 Å². The van der Waals surface area contributed by atoms with Gasteiger partial charge in [0.05, 0.1) is 0 Å². The third-order valence-electron chi connectivity index (χ3n) is 1.80. The van der Waals surface area contributed by atoms with Gasteiger partial charge in [0.2, 0.25) is 0 Å². The molecule has 0 heterocycles. The summed E-state index contributed by atoms with van der Waals surface area (Å²) in [4.78, 5) is 10.6. The molecule has 0 radical (unpaired) electrons. The lowest BCUT2D eigenvalue weighted by atomic mass is 10.2. The highest BCUT2D eigenvalue weighted by atomic mass is 79.9. The second-order valence-corrected chi connectivity index (χ2v) is 3.92. The molecule has 0 saturated carbocycles. The Bertz CT molecular complexity index is 349. The van der Waals surface area contributed by atoms with Crippen molar-refractivity contribution in [3.63, 3.8) is 0 Å². The Morgan fingerprint density at radius 1 is 1.57 bits per heavy atom. The molecule has 1 aromatic carbocycles. The third-order valence-corrected chi connectivity index (χ3v) is 2.29. The van der Waals surface area contributed by atoms with Gasteiger partial charge in [-0.3, -0.25) is 0 Å². The fourth-order valence-corrected chi connectivity index (χ4v) is 1.28.